The van der Waals surface area contributed by atoms with Crippen LogP contribution in [0.3, 0.4) is 0 Å². The summed E-state index contributed by atoms with van der Waals surface area (Å²) in [6.07, 6.45) is 1.05. The Morgan fingerprint density at radius 2 is 1.17 bits per heavy atom. The van der Waals surface area contributed by atoms with Crippen molar-refractivity contribution in [3.8, 4) is 0 Å². The van der Waals surface area contributed by atoms with Crippen molar-refractivity contribution in [2.24, 2.45) is 0 Å². The van der Waals surface area contributed by atoms with Gasteiger partial charge in [0.05, 0.1) is 11.1 Å². The Balaban J connectivity index is 1.60. The van der Waals surface area contributed by atoms with Gasteiger partial charge in [0, 0.05) is 13.1 Å². The standard InChI is InChI=1S/C20H22N2O/c1-19-15-20(19,2)22(14-17-11-7-4-8-12-17)18(23)21(19)13-16-9-5-3-6-10-16/h3-12H,13-15H2,1-2H3. The van der Waals surface area contributed by atoms with Crippen molar-refractivity contribution >= 4 is 6.03 Å². The number of benzene rings is 2. The van der Waals surface area contributed by atoms with Gasteiger partial charge in [-0.3, -0.25) is 0 Å². The van der Waals surface area contributed by atoms with E-state index in [4.69, 9.17) is 0 Å². The van der Waals surface area contributed by atoms with Gasteiger partial charge in [0.25, 0.3) is 0 Å². The molecule has 1 saturated carbocycles. The zero-order chi connectivity index (χ0) is 16.1. The highest BCUT2D eigenvalue weighted by Gasteiger charge is 2.75. The minimum Gasteiger partial charge on any atom is -0.312 e. The van der Waals surface area contributed by atoms with E-state index in [1.165, 1.54) is 11.1 Å². The second kappa shape index (κ2) is 4.85. The average Bonchev–Trinajstić information content (AvgIpc) is 3.10. The molecule has 0 N–H and O–H groups in total. The molecule has 118 valence electrons. The quantitative estimate of drug-likeness (QED) is 0.836. The lowest BCUT2D eigenvalue weighted by molar-refractivity contribution is 0.158. The molecule has 3 heteroatoms. The Bertz CT molecular complexity index is 668. The molecule has 0 bridgehead atoms. The number of urea groups is 1. The van der Waals surface area contributed by atoms with Gasteiger partial charge in [-0.05, 0) is 31.4 Å². The van der Waals surface area contributed by atoms with Gasteiger partial charge < -0.3 is 9.80 Å². The van der Waals surface area contributed by atoms with Crippen molar-refractivity contribution < 1.29 is 4.79 Å². The summed E-state index contributed by atoms with van der Waals surface area (Å²) in [5, 5.41) is 0. The number of carbonyl (C=O) groups excluding carboxylic acids is 1. The molecule has 4 rings (SSSR count). The highest BCUT2D eigenvalue weighted by Crippen LogP contribution is 2.61. The number of hydrogen-bond donors (Lipinski definition) is 0. The third-order valence-corrected chi connectivity index (χ3v) is 5.74. The summed E-state index contributed by atoms with van der Waals surface area (Å²) >= 11 is 0. The molecule has 1 heterocycles. The zero-order valence-electron chi connectivity index (χ0n) is 13.7. The van der Waals surface area contributed by atoms with Gasteiger partial charge in [-0.1, -0.05) is 60.7 Å². The van der Waals surface area contributed by atoms with Gasteiger partial charge in [-0.25, -0.2) is 4.79 Å². The highest BCUT2D eigenvalue weighted by atomic mass is 16.2. The van der Waals surface area contributed by atoms with Crippen LogP contribution in [0, 0.1) is 0 Å². The molecule has 1 saturated heterocycles. The van der Waals surface area contributed by atoms with E-state index >= 15 is 0 Å². The van der Waals surface area contributed by atoms with Crippen LogP contribution in [0.25, 0.3) is 0 Å². The van der Waals surface area contributed by atoms with Crippen LogP contribution in [0.4, 0.5) is 4.79 Å². The Labute approximate surface area is 137 Å². The Morgan fingerprint density at radius 1 is 0.783 bits per heavy atom. The van der Waals surface area contributed by atoms with E-state index in [-0.39, 0.29) is 17.1 Å². The first-order valence-corrected chi connectivity index (χ1v) is 8.22. The highest BCUT2D eigenvalue weighted by molar-refractivity contribution is 5.83. The first-order chi connectivity index (χ1) is 11.0. The Kier molecular flexibility index (Phi) is 3.02. The smallest absolute Gasteiger partial charge is 0.312 e. The molecule has 3 nitrogen and oxygen atoms in total. The lowest BCUT2D eigenvalue weighted by Gasteiger charge is -2.27. The van der Waals surface area contributed by atoms with E-state index in [1.807, 2.05) is 36.4 Å². The maximum Gasteiger partial charge on any atom is 0.321 e. The zero-order valence-corrected chi connectivity index (χ0v) is 13.7. The fourth-order valence-electron chi connectivity index (χ4n) is 3.98. The average molecular weight is 306 g/mol. The van der Waals surface area contributed by atoms with E-state index in [0.717, 1.165) is 6.42 Å². The molecule has 2 unspecified atom stereocenters. The Morgan fingerprint density at radius 3 is 1.57 bits per heavy atom. The van der Waals surface area contributed by atoms with E-state index in [9.17, 15) is 4.79 Å². The van der Waals surface area contributed by atoms with Gasteiger partial charge in [0.1, 0.15) is 0 Å². The molecule has 2 aromatic rings. The molecule has 2 fully saturated rings. The minimum absolute atomic E-state index is 0.0469. The first kappa shape index (κ1) is 14.3. The third kappa shape index (κ3) is 2.07. The normalized spacial score (nSPS) is 28.9. The monoisotopic (exact) mass is 306 g/mol. The topological polar surface area (TPSA) is 23.6 Å². The SMILES string of the molecule is CC12CC1(C)N(Cc1ccccc1)C(=O)N2Cc1ccccc1. The molecule has 23 heavy (non-hydrogen) atoms. The molecule has 2 atom stereocenters. The molecule has 0 radical (unpaired) electrons. The summed E-state index contributed by atoms with van der Waals surface area (Å²) in [7, 11) is 0. The van der Waals surface area contributed by atoms with Crippen LogP contribution in [0.15, 0.2) is 60.7 Å². The predicted molar refractivity (Wildman–Crippen MR) is 90.8 cm³/mol. The number of carbonyl (C=O) groups is 1. The molecule has 0 aromatic heterocycles. The van der Waals surface area contributed by atoms with Crippen molar-refractivity contribution in [3.05, 3.63) is 71.8 Å². The first-order valence-electron chi connectivity index (χ1n) is 8.22. The van der Waals surface area contributed by atoms with Crippen LogP contribution < -0.4 is 0 Å². The van der Waals surface area contributed by atoms with Crippen molar-refractivity contribution in [1.82, 2.24) is 9.80 Å². The van der Waals surface area contributed by atoms with Gasteiger partial charge in [-0.2, -0.15) is 0 Å². The van der Waals surface area contributed by atoms with Crippen molar-refractivity contribution in [2.75, 3.05) is 0 Å². The maximum atomic E-state index is 13.0. The molecule has 1 aliphatic carbocycles. The summed E-state index contributed by atoms with van der Waals surface area (Å²) in [5.41, 5.74) is 2.29. The summed E-state index contributed by atoms with van der Waals surface area (Å²) < 4.78 is 0. The number of nitrogens with zero attached hydrogens (tertiary/aromatic N) is 2. The number of fused-ring (bicyclic) bond motifs is 1. The summed E-state index contributed by atoms with van der Waals surface area (Å²) in [5.74, 6) is 0. The summed E-state index contributed by atoms with van der Waals surface area (Å²) in [6, 6.07) is 20.7. The van der Waals surface area contributed by atoms with Crippen molar-refractivity contribution in [2.45, 2.75) is 44.4 Å². The van der Waals surface area contributed by atoms with Crippen LogP contribution in [-0.4, -0.2) is 26.9 Å². The van der Waals surface area contributed by atoms with Crippen LogP contribution in [0.5, 0.6) is 0 Å². The largest absolute Gasteiger partial charge is 0.321 e. The van der Waals surface area contributed by atoms with Crippen LogP contribution in [0.2, 0.25) is 0 Å². The number of amides is 2. The number of rotatable bonds is 4. The lowest BCUT2D eigenvalue weighted by atomic mass is 10.1. The summed E-state index contributed by atoms with van der Waals surface area (Å²) in [4.78, 5) is 17.1. The van der Waals surface area contributed by atoms with Gasteiger partial charge >= 0.3 is 6.03 Å². The van der Waals surface area contributed by atoms with Gasteiger partial charge in [-0.15, -0.1) is 0 Å². The van der Waals surface area contributed by atoms with E-state index in [1.54, 1.807) is 0 Å². The Hall–Kier alpha value is -2.29. The fourth-order valence-corrected chi connectivity index (χ4v) is 3.98. The molecule has 0 spiro atoms. The van der Waals surface area contributed by atoms with Crippen LogP contribution >= 0.6 is 0 Å². The second-order valence-corrected chi connectivity index (χ2v) is 7.15. The maximum absolute atomic E-state index is 13.0. The molecule has 2 aliphatic rings. The minimum atomic E-state index is -0.0469. The van der Waals surface area contributed by atoms with Gasteiger partial charge in [0.2, 0.25) is 0 Å². The summed E-state index contributed by atoms with van der Waals surface area (Å²) in [6.45, 7) is 5.83. The van der Waals surface area contributed by atoms with Crippen molar-refractivity contribution in [1.29, 1.82) is 0 Å². The molecule has 2 aromatic carbocycles. The van der Waals surface area contributed by atoms with Crippen LogP contribution in [0.1, 0.15) is 31.4 Å². The predicted octanol–water partition coefficient (Wildman–Crippen LogP) is 4.05. The van der Waals surface area contributed by atoms with E-state index < -0.39 is 0 Å². The molecule has 2 amide bonds. The fraction of sp³-hybridized carbons (Fsp3) is 0.350. The molecule has 1 aliphatic heterocycles. The molecular formula is C20H22N2O. The third-order valence-electron chi connectivity index (χ3n) is 5.74. The second-order valence-electron chi connectivity index (χ2n) is 7.15. The number of hydrogen-bond acceptors (Lipinski definition) is 1. The lowest BCUT2D eigenvalue weighted by Crippen LogP contribution is -2.39. The van der Waals surface area contributed by atoms with Crippen molar-refractivity contribution in [3.63, 3.8) is 0 Å². The molecular weight excluding hydrogens is 284 g/mol. The van der Waals surface area contributed by atoms with E-state index in [2.05, 4.69) is 47.9 Å². The van der Waals surface area contributed by atoms with Gasteiger partial charge in [0.15, 0.2) is 0 Å². The van der Waals surface area contributed by atoms with Crippen LogP contribution in [-0.2, 0) is 13.1 Å². The van der Waals surface area contributed by atoms with E-state index in [0.29, 0.717) is 13.1 Å².